The first-order valence-electron chi connectivity index (χ1n) is 3.91. The molecular formula is C8H13N3S. The van der Waals surface area contributed by atoms with Crippen LogP contribution in [0.3, 0.4) is 0 Å². The second kappa shape index (κ2) is 4.98. The van der Waals surface area contributed by atoms with Gasteiger partial charge in [-0.1, -0.05) is 0 Å². The molecule has 0 saturated heterocycles. The molecule has 0 aliphatic rings. The van der Waals surface area contributed by atoms with E-state index in [1.165, 1.54) is 0 Å². The summed E-state index contributed by atoms with van der Waals surface area (Å²) in [6, 6.07) is 1.94. The van der Waals surface area contributed by atoms with Crippen molar-refractivity contribution in [1.82, 2.24) is 9.97 Å². The Morgan fingerprint density at radius 3 is 3.08 bits per heavy atom. The Hall–Kier alpha value is -0.770. The van der Waals surface area contributed by atoms with Crippen molar-refractivity contribution in [2.75, 3.05) is 18.1 Å². The lowest BCUT2D eigenvalue weighted by atomic mass is 10.4. The van der Waals surface area contributed by atoms with Crippen LogP contribution in [0, 0.1) is 0 Å². The zero-order chi connectivity index (χ0) is 8.81. The van der Waals surface area contributed by atoms with Crippen molar-refractivity contribution in [1.29, 1.82) is 0 Å². The SMILES string of the molecule is CCNc1nccc(CSC)n1. The van der Waals surface area contributed by atoms with E-state index in [0.717, 1.165) is 23.9 Å². The third kappa shape index (κ3) is 2.70. The molecule has 1 aromatic rings. The number of thioether (sulfide) groups is 1. The van der Waals surface area contributed by atoms with Gasteiger partial charge in [-0.25, -0.2) is 9.97 Å². The Bertz CT molecular complexity index is 218. The summed E-state index contributed by atoms with van der Waals surface area (Å²) in [4.78, 5) is 8.39. The van der Waals surface area contributed by atoms with Gasteiger partial charge in [-0.05, 0) is 19.2 Å². The van der Waals surface area contributed by atoms with Crippen LogP contribution in [0.4, 0.5) is 5.95 Å². The van der Waals surface area contributed by atoms with E-state index in [4.69, 9.17) is 0 Å². The molecule has 0 aromatic carbocycles. The number of anilines is 1. The van der Waals surface area contributed by atoms with Gasteiger partial charge in [-0.2, -0.15) is 11.8 Å². The molecule has 3 nitrogen and oxygen atoms in total. The number of hydrogen-bond donors (Lipinski definition) is 1. The Labute approximate surface area is 77.0 Å². The molecule has 66 valence electrons. The van der Waals surface area contributed by atoms with Gasteiger partial charge in [0.2, 0.25) is 5.95 Å². The minimum atomic E-state index is 0.726. The largest absolute Gasteiger partial charge is 0.354 e. The van der Waals surface area contributed by atoms with Gasteiger partial charge in [-0.15, -0.1) is 0 Å². The van der Waals surface area contributed by atoms with Crippen LogP contribution in [-0.2, 0) is 5.75 Å². The monoisotopic (exact) mass is 183 g/mol. The van der Waals surface area contributed by atoms with Crippen molar-refractivity contribution in [2.45, 2.75) is 12.7 Å². The summed E-state index contributed by atoms with van der Waals surface area (Å²) < 4.78 is 0. The highest BCUT2D eigenvalue weighted by Gasteiger charge is 1.95. The van der Waals surface area contributed by atoms with Crippen molar-refractivity contribution < 1.29 is 0 Å². The van der Waals surface area contributed by atoms with Crippen LogP contribution in [0.15, 0.2) is 12.3 Å². The van der Waals surface area contributed by atoms with Crippen molar-refractivity contribution in [2.24, 2.45) is 0 Å². The fourth-order valence-corrected chi connectivity index (χ4v) is 1.32. The minimum absolute atomic E-state index is 0.726. The van der Waals surface area contributed by atoms with Gasteiger partial charge in [0.15, 0.2) is 0 Å². The molecule has 0 fully saturated rings. The maximum Gasteiger partial charge on any atom is 0.222 e. The van der Waals surface area contributed by atoms with Gasteiger partial charge in [0, 0.05) is 18.5 Å². The summed E-state index contributed by atoms with van der Waals surface area (Å²) in [5.41, 5.74) is 1.08. The van der Waals surface area contributed by atoms with Crippen LogP contribution in [0.5, 0.6) is 0 Å². The van der Waals surface area contributed by atoms with E-state index >= 15 is 0 Å². The highest BCUT2D eigenvalue weighted by Crippen LogP contribution is 2.07. The lowest BCUT2D eigenvalue weighted by molar-refractivity contribution is 1.04. The zero-order valence-corrected chi connectivity index (χ0v) is 8.19. The van der Waals surface area contributed by atoms with Crippen LogP contribution in [-0.4, -0.2) is 22.8 Å². The molecule has 12 heavy (non-hydrogen) atoms. The molecule has 0 saturated carbocycles. The summed E-state index contributed by atoms with van der Waals surface area (Å²) in [6.45, 7) is 2.90. The first-order valence-corrected chi connectivity index (χ1v) is 5.31. The maximum atomic E-state index is 4.31. The average molecular weight is 183 g/mol. The van der Waals surface area contributed by atoms with E-state index in [0.29, 0.717) is 0 Å². The molecule has 0 bridgehead atoms. The summed E-state index contributed by atoms with van der Waals surface area (Å²) in [6.07, 6.45) is 3.85. The van der Waals surface area contributed by atoms with Gasteiger partial charge < -0.3 is 5.32 Å². The normalized spacial score (nSPS) is 9.83. The van der Waals surface area contributed by atoms with E-state index in [1.54, 1.807) is 18.0 Å². The summed E-state index contributed by atoms with van der Waals surface area (Å²) in [5.74, 6) is 1.67. The zero-order valence-electron chi connectivity index (χ0n) is 7.37. The molecule has 1 aromatic heterocycles. The van der Waals surface area contributed by atoms with Gasteiger partial charge in [0.05, 0.1) is 5.69 Å². The molecule has 0 spiro atoms. The van der Waals surface area contributed by atoms with Crippen LogP contribution in [0.25, 0.3) is 0 Å². The highest BCUT2D eigenvalue weighted by atomic mass is 32.2. The lowest BCUT2D eigenvalue weighted by Gasteiger charge is -2.02. The number of aromatic nitrogens is 2. The van der Waals surface area contributed by atoms with Crippen LogP contribution < -0.4 is 5.32 Å². The number of nitrogens with one attached hydrogen (secondary N) is 1. The summed E-state index contributed by atoms with van der Waals surface area (Å²) in [5, 5.41) is 3.07. The fourth-order valence-electron chi connectivity index (χ4n) is 0.868. The first kappa shape index (κ1) is 9.32. The Kier molecular flexibility index (Phi) is 3.87. The quantitative estimate of drug-likeness (QED) is 0.772. The van der Waals surface area contributed by atoms with Crippen molar-refractivity contribution in [3.8, 4) is 0 Å². The van der Waals surface area contributed by atoms with E-state index in [2.05, 4.69) is 21.5 Å². The summed E-state index contributed by atoms with van der Waals surface area (Å²) in [7, 11) is 0. The predicted octanol–water partition coefficient (Wildman–Crippen LogP) is 1.77. The molecule has 0 aliphatic heterocycles. The van der Waals surface area contributed by atoms with Crippen LogP contribution in [0.1, 0.15) is 12.6 Å². The Balaban J connectivity index is 2.67. The standard InChI is InChI=1S/C8H13N3S/c1-3-9-8-10-5-4-7(11-8)6-12-2/h4-5H,3,6H2,1-2H3,(H,9,10,11). The predicted molar refractivity (Wildman–Crippen MR) is 53.4 cm³/mol. The van der Waals surface area contributed by atoms with Crippen molar-refractivity contribution in [3.05, 3.63) is 18.0 Å². The molecular weight excluding hydrogens is 170 g/mol. The first-order chi connectivity index (χ1) is 5.86. The van der Waals surface area contributed by atoms with E-state index in [1.807, 2.05) is 13.0 Å². The lowest BCUT2D eigenvalue weighted by Crippen LogP contribution is -2.02. The Morgan fingerprint density at radius 2 is 2.42 bits per heavy atom. The molecule has 0 amide bonds. The van der Waals surface area contributed by atoms with Crippen LogP contribution in [0.2, 0.25) is 0 Å². The summed E-state index contributed by atoms with van der Waals surface area (Å²) >= 11 is 1.76. The molecule has 0 aliphatic carbocycles. The van der Waals surface area contributed by atoms with Gasteiger partial charge in [0.25, 0.3) is 0 Å². The van der Waals surface area contributed by atoms with E-state index in [9.17, 15) is 0 Å². The number of hydrogen-bond acceptors (Lipinski definition) is 4. The van der Waals surface area contributed by atoms with E-state index < -0.39 is 0 Å². The van der Waals surface area contributed by atoms with Crippen molar-refractivity contribution in [3.63, 3.8) is 0 Å². The number of rotatable bonds is 4. The molecule has 1 N–H and O–H groups in total. The fraction of sp³-hybridized carbons (Fsp3) is 0.500. The number of nitrogens with zero attached hydrogens (tertiary/aromatic N) is 2. The third-order valence-electron chi connectivity index (χ3n) is 1.34. The van der Waals surface area contributed by atoms with Gasteiger partial charge in [0.1, 0.15) is 0 Å². The Morgan fingerprint density at radius 1 is 1.58 bits per heavy atom. The smallest absolute Gasteiger partial charge is 0.222 e. The molecule has 4 heteroatoms. The minimum Gasteiger partial charge on any atom is -0.354 e. The second-order valence-electron chi connectivity index (χ2n) is 2.33. The topological polar surface area (TPSA) is 37.8 Å². The molecule has 1 heterocycles. The molecule has 0 unspecified atom stereocenters. The van der Waals surface area contributed by atoms with Gasteiger partial charge in [-0.3, -0.25) is 0 Å². The molecule has 0 atom stereocenters. The molecule has 0 radical (unpaired) electrons. The average Bonchev–Trinajstić information content (AvgIpc) is 2.06. The highest BCUT2D eigenvalue weighted by molar-refractivity contribution is 7.97. The van der Waals surface area contributed by atoms with E-state index in [-0.39, 0.29) is 0 Å². The molecule has 1 rings (SSSR count). The maximum absolute atomic E-state index is 4.31. The van der Waals surface area contributed by atoms with Crippen LogP contribution >= 0.6 is 11.8 Å². The van der Waals surface area contributed by atoms with Crippen molar-refractivity contribution >= 4 is 17.7 Å². The second-order valence-corrected chi connectivity index (χ2v) is 3.20. The van der Waals surface area contributed by atoms with Gasteiger partial charge >= 0.3 is 0 Å². The third-order valence-corrected chi connectivity index (χ3v) is 1.92.